The highest BCUT2D eigenvalue weighted by Gasteiger charge is 2.17. The number of benzene rings is 3. The van der Waals surface area contributed by atoms with Crippen molar-refractivity contribution < 1.29 is 14.5 Å². The molecule has 1 aromatic heterocycles. The van der Waals surface area contributed by atoms with Crippen molar-refractivity contribution in [3.63, 3.8) is 0 Å². The van der Waals surface area contributed by atoms with Crippen molar-refractivity contribution in [1.82, 2.24) is 10.4 Å². The zero-order valence-electron chi connectivity index (χ0n) is 16.5. The van der Waals surface area contributed by atoms with Crippen LogP contribution in [0.25, 0.3) is 10.2 Å². The molecule has 4 rings (SSSR count). The summed E-state index contributed by atoms with van der Waals surface area (Å²) in [7, 11) is 0. The summed E-state index contributed by atoms with van der Waals surface area (Å²) < 4.78 is 7.08. The number of hydrogen-bond donors (Lipinski definition) is 1. The standard InChI is InChI=1S/C22H16N4O4S2/c27-21(14-30-16-6-2-1-3-7-16)25-23-13-15-10-11-20(18(12-15)26(28)29)32-22-24-17-8-4-5-9-19(17)31-22/h1-13H,14H2,(H,25,27). The number of rotatable bonds is 8. The summed E-state index contributed by atoms with van der Waals surface area (Å²) in [5.74, 6) is 0.131. The number of ether oxygens (including phenoxy) is 1. The number of aromatic nitrogens is 1. The van der Waals surface area contributed by atoms with Crippen LogP contribution in [0, 0.1) is 10.1 Å². The third-order valence-corrected chi connectivity index (χ3v) is 6.33. The fraction of sp³-hybridized carbons (Fsp3) is 0.0455. The van der Waals surface area contributed by atoms with E-state index >= 15 is 0 Å². The zero-order chi connectivity index (χ0) is 22.3. The number of nitro groups is 1. The molecule has 0 fully saturated rings. The van der Waals surface area contributed by atoms with Gasteiger partial charge in [0.15, 0.2) is 10.9 Å². The Morgan fingerprint density at radius 3 is 2.72 bits per heavy atom. The van der Waals surface area contributed by atoms with Gasteiger partial charge < -0.3 is 4.74 Å². The van der Waals surface area contributed by atoms with Gasteiger partial charge in [-0.15, -0.1) is 11.3 Å². The number of hydrogen-bond acceptors (Lipinski definition) is 8. The maximum absolute atomic E-state index is 11.8. The molecule has 0 saturated heterocycles. The molecule has 3 aromatic carbocycles. The van der Waals surface area contributed by atoms with Crippen LogP contribution in [0.5, 0.6) is 5.75 Å². The summed E-state index contributed by atoms with van der Waals surface area (Å²) >= 11 is 2.73. The number of hydrazone groups is 1. The molecule has 0 spiro atoms. The molecule has 1 heterocycles. The smallest absolute Gasteiger partial charge is 0.283 e. The second kappa shape index (κ2) is 10.0. The molecule has 0 aliphatic rings. The summed E-state index contributed by atoms with van der Waals surface area (Å²) in [5, 5.41) is 15.4. The van der Waals surface area contributed by atoms with E-state index in [0.717, 1.165) is 14.6 Å². The van der Waals surface area contributed by atoms with E-state index in [4.69, 9.17) is 4.74 Å². The first-order chi connectivity index (χ1) is 15.6. The highest BCUT2D eigenvalue weighted by atomic mass is 32.2. The average molecular weight is 465 g/mol. The van der Waals surface area contributed by atoms with E-state index in [9.17, 15) is 14.9 Å². The van der Waals surface area contributed by atoms with Crippen LogP contribution in [0.2, 0.25) is 0 Å². The lowest BCUT2D eigenvalue weighted by atomic mass is 10.2. The zero-order valence-corrected chi connectivity index (χ0v) is 18.1. The first-order valence-electron chi connectivity index (χ1n) is 9.40. The van der Waals surface area contributed by atoms with Crippen LogP contribution in [0.3, 0.4) is 0 Å². The lowest BCUT2D eigenvalue weighted by Crippen LogP contribution is -2.24. The third-order valence-electron chi connectivity index (χ3n) is 4.17. The van der Waals surface area contributed by atoms with Crippen LogP contribution in [0.1, 0.15) is 5.56 Å². The molecule has 0 atom stereocenters. The fourth-order valence-corrected chi connectivity index (χ4v) is 4.82. The third kappa shape index (κ3) is 5.48. The predicted molar refractivity (Wildman–Crippen MR) is 125 cm³/mol. The van der Waals surface area contributed by atoms with Crippen molar-refractivity contribution in [2.45, 2.75) is 9.24 Å². The van der Waals surface area contributed by atoms with Crippen LogP contribution >= 0.6 is 23.1 Å². The molecule has 1 N–H and O–H groups in total. The van der Waals surface area contributed by atoms with E-state index in [1.807, 2.05) is 30.3 Å². The van der Waals surface area contributed by atoms with Crippen LogP contribution in [0.15, 0.2) is 87.1 Å². The summed E-state index contributed by atoms with van der Waals surface area (Å²) in [6, 6.07) is 21.4. The molecule has 10 heteroatoms. The Balaban J connectivity index is 1.40. The van der Waals surface area contributed by atoms with E-state index in [-0.39, 0.29) is 12.3 Å². The number of nitro benzene ring substituents is 1. The molecule has 0 unspecified atom stereocenters. The van der Waals surface area contributed by atoms with Gasteiger partial charge in [0.05, 0.1) is 26.3 Å². The minimum atomic E-state index is -0.445. The monoisotopic (exact) mass is 464 g/mol. The Labute approximate surface area is 191 Å². The summed E-state index contributed by atoms with van der Waals surface area (Å²) in [6.45, 7) is -0.195. The molecule has 32 heavy (non-hydrogen) atoms. The second-order valence-electron chi connectivity index (χ2n) is 6.43. The molecular weight excluding hydrogens is 448 g/mol. The highest BCUT2D eigenvalue weighted by Crippen LogP contribution is 2.38. The van der Waals surface area contributed by atoms with Crippen molar-refractivity contribution in [1.29, 1.82) is 0 Å². The molecular formula is C22H16N4O4S2. The molecule has 160 valence electrons. The van der Waals surface area contributed by atoms with E-state index < -0.39 is 10.8 Å². The molecule has 0 radical (unpaired) electrons. The lowest BCUT2D eigenvalue weighted by molar-refractivity contribution is -0.387. The Morgan fingerprint density at radius 1 is 1.16 bits per heavy atom. The first-order valence-corrected chi connectivity index (χ1v) is 11.0. The van der Waals surface area contributed by atoms with Crippen molar-refractivity contribution in [2.24, 2.45) is 5.10 Å². The van der Waals surface area contributed by atoms with Gasteiger partial charge in [-0.2, -0.15) is 5.10 Å². The quantitative estimate of drug-likeness (QED) is 0.226. The molecule has 1 amide bonds. The predicted octanol–water partition coefficient (Wildman–Crippen LogP) is 4.88. The Kier molecular flexibility index (Phi) is 6.73. The van der Waals surface area contributed by atoms with Crippen molar-refractivity contribution in [2.75, 3.05) is 6.61 Å². The van der Waals surface area contributed by atoms with Crippen molar-refractivity contribution in [3.8, 4) is 5.75 Å². The fourth-order valence-electron chi connectivity index (χ4n) is 2.71. The molecule has 0 aliphatic carbocycles. The number of thiazole rings is 1. The van der Waals surface area contributed by atoms with Gasteiger partial charge in [0, 0.05) is 11.6 Å². The minimum Gasteiger partial charge on any atom is -0.484 e. The molecule has 0 bridgehead atoms. The number of fused-ring (bicyclic) bond motifs is 1. The number of nitrogens with zero attached hydrogens (tertiary/aromatic N) is 3. The van der Waals surface area contributed by atoms with Crippen molar-refractivity contribution in [3.05, 3.63) is 88.5 Å². The van der Waals surface area contributed by atoms with E-state index in [1.165, 1.54) is 35.4 Å². The number of carbonyl (C=O) groups is 1. The van der Waals surface area contributed by atoms with Gasteiger partial charge in [-0.05, 0) is 30.3 Å². The number of nitrogens with one attached hydrogen (secondary N) is 1. The largest absolute Gasteiger partial charge is 0.484 e. The lowest BCUT2D eigenvalue weighted by Gasteiger charge is -2.04. The summed E-state index contributed by atoms with van der Waals surface area (Å²) in [4.78, 5) is 28.0. The van der Waals surface area contributed by atoms with E-state index in [0.29, 0.717) is 16.2 Å². The van der Waals surface area contributed by atoms with E-state index in [1.54, 1.807) is 36.4 Å². The second-order valence-corrected chi connectivity index (χ2v) is 8.75. The number of carbonyl (C=O) groups excluding carboxylic acids is 1. The molecule has 8 nitrogen and oxygen atoms in total. The maximum Gasteiger partial charge on any atom is 0.283 e. The first kappa shape index (κ1) is 21.5. The Hall–Kier alpha value is -3.76. The Bertz CT molecular complexity index is 1260. The summed E-state index contributed by atoms with van der Waals surface area (Å²) in [6.07, 6.45) is 1.35. The molecule has 0 aliphatic heterocycles. The highest BCUT2D eigenvalue weighted by molar-refractivity contribution is 8.01. The van der Waals surface area contributed by atoms with Gasteiger partial charge in [0.25, 0.3) is 11.6 Å². The summed E-state index contributed by atoms with van der Waals surface area (Å²) in [5.41, 5.74) is 3.62. The van der Waals surface area contributed by atoms with Crippen LogP contribution in [-0.4, -0.2) is 28.6 Å². The average Bonchev–Trinajstić information content (AvgIpc) is 3.21. The van der Waals surface area contributed by atoms with Gasteiger partial charge in [0.2, 0.25) is 0 Å². The molecule has 0 saturated carbocycles. The van der Waals surface area contributed by atoms with Gasteiger partial charge in [0.1, 0.15) is 5.75 Å². The topological polar surface area (TPSA) is 107 Å². The number of para-hydroxylation sites is 2. The van der Waals surface area contributed by atoms with Gasteiger partial charge in [-0.3, -0.25) is 14.9 Å². The number of amides is 1. The van der Waals surface area contributed by atoms with Gasteiger partial charge in [-0.1, -0.05) is 48.2 Å². The minimum absolute atomic E-state index is 0.0584. The van der Waals surface area contributed by atoms with Gasteiger partial charge in [-0.25, -0.2) is 10.4 Å². The molecule has 4 aromatic rings. The van der Waals surface area contributed by atoms with Crippen LogP contribution in [-0.2, 0) is 4.79 Å². The normalized spacial score (nSPS) is 11.0. The van der Waals surface area contributed by atoms with Crippen molar-refractivity contribution >= 4 is 51.1 Å². The Morgan fingerprint density at radius 2 is 1.94 bits per heavy atom. The SMILES string of the molecule is O=C(COc1ccccc1)NN=Cc1ccc(Sc2nc3ccccc3s2)c([N+](=O)[O-])c1. The van der Waals surface area contributed by atoms with E-state index in [2.05, 4.69) is 15.5 Å². The van der Waals surface area contributed by atoms with Gasteiger partial charge >= 0.3 is 0 Å². The van der Waals surface area contributed by atoms with Crippen LogP contribution in [0.4, 0.5) is 5.69 Å². The van der Waals surface area contributed by atoms with Crippen LogP contribution < -0.4 is 10.2 Å². The maximum atomic E-state index is 11.8.